The average molecular weight is 281 g/mol. The van der Waals surface area contributed by atoms with Crippen LogP contribution in [0.1, 0.15) is 6.92 Å². The van der Waals surface area contributed by atoms with Gasteiger partial charge in [-0.25, -0.2) is 12.8 Å². The molecular weight excluding hydrogens is 271 g/mol. The predicted molar refractivity (Wildman–Crippen MR) is 60.1 cm³/mol. The highest BCUT2D eigenvalue weighted by molar-refractivity contribution is 7.92. The quantitative estimate of drug-likeness (QED) is 0.623. The lowest BCUT2D eigenvalue weighted by Crippen LogP contribution is -2.18. The molecule has 0 aromatic heterocycles. The molecule has 0 unspecified atom stereocenters. The maximum absolute atomic E-state index is 12.9. The molecule has 0 aliphatic heterocycles. The van der Waals surface area contributed by atoms with E-state index >= 15 is 0 Å². The summed E-state index contributed by atoms with van der Waals surface area (Å²) in [6, 6.07) is 2.95. The molecule has 0 heterocycles. The number of carbonyl (C=O) groups is 1. The van der Waals surface area contributed by atoms with Gasteiger partial charge in [-0.15, -0.1) is 0 Å². The molecule has 1 aromatic rings. The zero-order valence-electron chi connectivity index (χ0n) is 8.94. The third kappa shape index (κ3) is 3.67. The van der Waals surface area contributed by atoms with Gasteiger partial charge >= 0.3 is 5.97 Å². The molecule has 7 heteroatoms. The molecule has 17 heavy (non-hydrogen) atoms. The molecule has 4 nitrogen and oxygen atoms in total. The molecule has 0 N–H and O–H groups in total. The molecule has 0 aliphatic rings. The van der Waals surface area contributed by atoms with Crippen LogP contribution in [0.3, 0.4) is 0 Å². The van der Waals surface area contributed by atoms with Crippen molar-refractivity contribution < 1.29 is 22.3 Å². The zero-order chi connectivity index (χ0) is 13.1. The number of hydrogen-bond acceptors (Lipinski definition) is 4. The van der Waals surface area contributed by atoms with Gasteiger partial charge in [-0.05, 0) is 25.1 Å². The van der Waals surface area contributed by atoms with Crippen LogP contribution in [0.2, 0.25) is 5.02 Å². The van der Waals surface area contributed by atoms with Crippen LogP contribution in [-0.2, 0) is 19.4 Å². The van der Waals surface area contributed by atoms with E-state index in [1.54, 1.807) is 6.92 Å². The molecule has 1 rings (SSSR count). The van der Waals surface area contributed by atoms with Gasteiger partial charge < -0.3 is 4.74 Å². The highest BCUT2D eigenvalue weighted by Gasteiger charge is 2.21. The summed E-state index contributed by atoms with van der Waals surface area (Å²) in [6.07, 6.45) is 0. The van der Waals surface area contributed by atoms with Gasteiger partial charge in [0.1, 0.15) is 5.82 Å². The molecule has 0 saturated heterocycles. The van der Waals surface area contributed by atoms with E-state index in [9.17, 15) is 17.6 Å². The summed E-state index contributed by atoms with van der Waals surface area (Å²) in [4.78, 5) is 10.9. The SMILES string of the molecule is CCOC(=O)CS(=O)(=O)c1ccc(F)c(Cl)c1. The van der Waals surface area contributed by atoms with Gasteiger partial charge in [-0.3, -0.25) is 4.79 Å². The number of halogens is 2. The van der Waals surface area contributed by atoms with Gasteiger partial charge in [0.15, 0.2) is 15.6 Å². The Kier molecular flexibility index (Phi) is 4.47. The van der Waals surface area contributed by atoms with Crippen molar-refractivity contribution in [3.63, 3.8) is 0 Å². The Morgan fingerprint density at radius 3 is 2.65 bits per heavy atom. The van der Waals surface area contributed by atoms with Crippen molar-refractivity contribution in [2.45, 2.75) is 11.8 Å². The topological polar surface area (TPSA) is 60.4 Å². The second kappa shape index (κ2) is 5.46. The average Bonchev–Trinajstić information content (AvgIpc) is 2.21. The number of rotatable bonds is 4. The monoisotopic (exact) mass is 280 g/mol. The lowest BCUT2D eigenvalue weighted by molar-refractivity contribution is -0.139. The van der Waals surface area contributed by atoms with Gasteiger partial charge in [0, 0.05) is 0 Å². The van der Waals surface area contributed by atoms with Crippen molar-refractivity contribution in [1.82, 2.24) is 0 Å². The Hall–Kier alpha value is -1.14. The summed E-state index contributed by atoms with van der Waals surface area (Å²) in [7, 11) is -3.85. The van der Waals surface area contributed by atoms with E-state index in [2.05, 4.69) is 4.74 Å². The molecule has 0 bridgehead atoms. The van der Waals surface area contributed by atoms with Gasteiger partial charge in [0.05, 0.1) is 16.5 Å². The van der Waals surface area contributed by atoms with Crippen LogP contribution in [0.5, 0.6) is 0 Å². The van der Waals surface area contributed by atoms with Crippen LogP contribution >= 0.6 is 11.6 Å². The molecule has 0 radical (unpaired) electrons. The van der Waals surface area contributed by atoms with Gasteiger partial charge in [-0.2, -0.15) is 0 Å². The van der Waals surface area contributed by atoms with Crippen LogP contribution in [-0.4, -0.2) is 26.7 Å². The van der Waals surface area contributed by atoms with Crippen molar-refractivity contribution in [3.05, 3.63) is 29.0 Å². The second-order valence-corrected chi connectivity index (χ2v) is 5.54. The fraction of sp³-hybridized carbons (Fsp3) is 0.300. The third-order valence-corrected chi connectivity index (χ3v) is 3.74. The van der Waals surface area contributed by atoms with E-state index in [-0.39, 0.29) is 16.5 Å². The summed E-state index contributed by atoms with van der Waals surface area (Å²) in [5.74, 6) is -2.36. The summed E-state index contributed by atoms with van der Waals surface area (Å²) in [5, 5.41) is -0.310. The van der Waals surface area contributed by atoms with Crippen LogP contribution < -0.4 is 0 Å². The Bertz CT molecular complexity index is 527. The summed E-state index contributed by atoms with van der Waals surface area (Å²) in [6.45, 7) is 1.66. The van der Waals surface area contributed by atoms with Crippen molar-refractivity contribution in [3.8, 4) is 0 Å². The summed E-state index contributed by atoms with van der Waals surface area (Å²) >= 11 is 5.46. The van der Waals surface area contributed by atoms with E-state index in [4.69, 9.17) is 11.6 Å². The second-order valence-electron chi connectivity index (χ2n) is 3.14. The van der Waals surface area contributed by atoms with E-state index in [1.165, 1.54) is 0 Å². The summed E-state index contributed by atoms with van der Waals surface area (Å²) < 4.78 is 40.8. The van der Waals surface area contributed by atoms with E-state index in [0.717, 1.165) is 18.2 Å². The van der Waals surface area contributed by atoms with Crippen molar-refractivity contribution >= 4 is 27.4 Å². The molecule has 0 saturated carbocycles. The van der Waals surface area contributed by atoms with Crippen LogP contribution in [0, 0.1) is 5.82 Å². The van der Waals surface area contributed by atoms with E-state index in [0.29, 0.717) is 0 Å². The van der Waals surface area contributed by atoms with E-state index in [1.807, 2.05) is 0 Å². The molecular formula is C10H10ClFO4S. The van der Waals surface area contributed by atoms with E-state index < -0.39 is 27.4 Å². The Morgan fingerprint density at radius 1 is 1.47 bits per heavy atom. The summed E-state index contributed by atoms with van der Waals surface area (Å²) in [5.41, 5.74) is 0. The smallest absolute Gasteiger partial charge is 0.321 e. The maximum atomic E-state index is 12.9. The number of hydrogen-bond donors (Lipinski definition) is 0. The maximum Gasteiger partial charge on any atom is 0.321 e. The molecule has 0 aliphatic carbocycles. The molecule has 1 aromatic carbocycles. The molecule has 0 spiro atoms. The number of esters is 1. The van der Waals surface area contributed by atoms with Gasteiger partial charge in [0.2, 0.25) is 0 Å². The van der Waals surface area contributed by atoms with Gasteiger partial charge in [0.25, 0.3) is 0 Å². The van der Waals surface area contributed by atoms with Crippen molar-refractivity contribution in [2.75, 3.05) is 12.4 Å². The van der Waals surface area contributed by atoms with Crippen LogP contribution in [0.25, 0.3) is 0 Å². The first-order valence-corrected chi connectivity index (χ1v) is 6.73. The lowest BCUT2D eigenvalue weighted by Gasteiger charge is -2.05. The molecule has 0 atom stereocenters. The fourth-order valence-electron chi connectivity index (χ4n) is 1.11. The third-order valence-electron chi connectivity index (χ3n) is 1.86. The minimum Gasteiger partial charge on any atom is -0.465 e. The van der Waals surface area contributed by atoms with Crippen molar-refractivity contribution in [2.24, 2.45) is 0 Å². The highest BCUT2D eigenvalue weighted by atomic mass is 35.5. The Labute approximate surface area is 103 Å². The minimum atomic E-state index is -3.85. The highest BCUT2D eigenvalue weighted by Crippen LogP contribution is 2.20. The first-order valence-electron chi connectivity index (χ1n) is 4.70. The zero-order valence-corrected chi connectivity index (χ0v) is 10.5. The Balaban J connectivity index is 2.97. The lowest BCUT2D eigenvalue weighted by atomic mass is 10.3. The van der Waals surface area contributed by atoms with Crippen LogP contribution in [0.15, 0.2) is 23.1 Å². The van der Waals surface area contributed by atoms with Crippen LogP contribution in [0.4, 0.5) is 4.39 Å². The number of sulfone groups is 1. The molecule has 94 valence electrons. The molecule has 0 fully saturated rings. The minimum absolute atomic E-state index is 0.0958. The molecule has 0 amide bonds. The predicted octanol–water partition coefficient (Wildman–Crippen LogP) is 1.82. The largest absolute Gasteiger partial charge is 0.465 e. The number of ether oxygens (including phenoxy) is 1. The van der Waals surface area contributed by atoms with Gasteiger partial charge in [-0.1, -0.05) is 11.6 Å². The standard InChI is InChI=1S/C10H10ClFO4S/c1-2-16-10(13)6-17(14,15)7-3-4-9(12)8(11)5-7/h3-5H,2,6H2,1H3. The first kappa shape index (κ1) is 13.9. The van der Waals surface area contributed by atoms with Crippen molar-refractivity contribution in [1.29, 1.82) is 0 Å². The number of benzene rings is 1. The fourth-order valence-corrected chi connectivity index (χ4v) is 2.49. The number of carbonyl (C=O) groups excluding carboxylic acids is 1. The normalized spacial score (nSPS) is 11.2. The first-order chi connectivity index (χ1) is 7.86. The Morgan fingerprint density at radius 2 is 2.12 bits per heavy atom.